The van der Waals surface area contributed by atoms with Crippen molar-refractivity contribution in [1.82, 2.24) is 9.80 Å². The van der Waals surface area contributed by atoms with Gasteiger partial charge in [-0.25, -0.2) is 0 Å². The molecule has 0 radical (unpaired) electrons. The fourth-order valence-electron chi connectivity index (χ4n) is 3.89. The summed E-state index contributed by atoms with van der Waals surface area (Å²) in [5.41, 5.74) is 0.724. The number of nitrogens with zero attached hydrogens (tertiary/aromatic N) is 2. The summed E-state index contributed by atoms with van der Waals surface area (Å²) in [6, 6.07) is 9.38. The fraction of sp³-hybridized carbons (Fsp3) is 0.619. The van der Waals surface area contributed by atoms with E-state index in [-0.39, 0.29) is 17.7 Å². The molecule has 0 bridgehead atoms. The van der Waals surface area contributed by atoms with Crippen LogP contribution < -0.4 is 0 Å². The highest BCUT2D eigenvalue weighted by Gasteiger charge is 2.29. The maximum absolute atomic E-state index is 12.7. The molecule has 0 aromatic heterocycles. The summed E-state index contributed by atoms with van der Waals surface area (Å²) in [6.45, 7) is 2.93. The van der Waals surface area contributed by atoms with Gasteiger partial charge >= 0.3 is 0 Å². The van der Waals surface area contributed by atoms with Gasteiger partial charge in [-0.1, -0.05) is 18.2 Å². The highest BCUT2D eigenvalue weighted by atomic mass is 16.5. The molecule has 2 fully saturated rings. The van der Waals surface area contributed by atoms with Crippen LogP contribution in [0.3, 0.4) is 0 Å². The molecule has 1 unspecified atom stereocenters. The Morgan fingerprint density at radius 3 is 2.50 bits per heavy atom. The SMILES string of the molecule is CN(CCC1CCCCO1)C(=O)C1CCN(C(=O)c2ccccc2)CC1. The van der Waals surface area contributed by atoms with Crippen LogP contribution in [-0.2, 0) is 9.53 Å². The molecule has 0 spiro atoms. The molecule has 2 heterocycles. The third kappa shape index (κ3) is 4.85. The standard InChI is InChI=1S/C21H30N2O3/c1-22(13-12-19-9-5-6-16-26-19)20(24)18-10-14-23(15-11-18)21(25)17-7-3-2-4-8-17/h2-4,7-8,18-19H,5-6,9-16H2,1H3. The number of carbonyl (C=O) groups excluding carboxylic acids is 2. The van der Waals surface area contributed by atoms with Gasteiger partial charge in [0.15, 0.2) is 0 Å². The minimum Gasteiger partial charge on any atom is -0.378 e. The maximum Gasteiger partial charge on any atom is 0.253 e. The second kappa shape index (κ2) is 9.17. The van der Waals surface area contributed by atoms with E-state index in [2.05, 4.69) is 0 Å². The summed E-state index contributed by atoms with van der Waals surface area (Å²) in [4.78, 5) is 28.9. The van der Waals surface area contributed by atoms with Crippen molar-refractivity contribution < 1.29 is 14.3 Å². The van der Waals surface area contributed by atoms with Crippen molar-refractivity contribution in [1.29, 1.82) is 0 Å². The maximum atomic E-state index is 12.7. The van der Waals surface area contributed by atoms with Crippen LogP contribution >= 0.6 is 0 Å². The molecule has 0 saturated carbocycles. The van der Waals surface area contributed by atoms with Crippen LogP contribution in [0.5, 0.6) is 0 Å². The summed E-state index contributed by atoms with van der Waals surface area (Å²) in [5.74, 6) is 0.319. The molecule has 1 aromatic rings. The van der Waals surface area contributed by atoms with Crippen LogP contribution in [0.15, 0.2) is 30.3 Å². The first-order chi connectivity index (χ1) is 12.6. The van der Waals surface area contributed by atoms with Crippen LogP contribution in [0.2, 0.25) is 0 Å². The predicted octanol–water partition coefficient (Wildman–Crippen LogP) is 2.96. The molecule has 0 aliphatic carbocycles. The van der Waals surface area contributed by atoms with E-state index < -0.39 is 0 Å². The third-order valence-corrected chi connectivity index (χ3v) is 5.59. The van der Waals surface area contributed by atoms with Gasteiger partial charge < -0.3 is 14.5 Å². The van der Waals surface area contributed by atoms with Crippen LogP contribution in [0.1, 0.15) is 48.9 Å². The quantitative estimate of drug-likeness (QED) is 0.813. The van der Waals surface area contributed by atoms with Crippen molar-refractivity contribution in [2.45, 2.75) is 44.6 Å². The van der Waals surface area contributed by atoms with Crippen molar-refractivity contribution in [3.05, 3.63) is 35.9 Å². The minimum absolute atomic E-state index is 0.0343. The average Bonchev–Trinajstić information content (AvgIpc) is 2.72. The zero-order valence-electron chi connectivity index (χ0n) is 15.7. The molecule has 5 nitrogen and oxygen atoms in total. The van der Waals surface area contributed by atoms with Gasteiger partial charge in [0.25, 0.3) is 5.91 Å². The first kappa shape index (κ1) is 18.9. The van der Waals surface area contributed by atoms with E-state index in [0.29, 0.717) is 19.2 Å². The van der Waals surface area contributed by atoms with E-state index in [1.165, 1.54) is 6.42 Å². The molecule has 2 aliphatic heterocycles. The smallest absolute Gasteiger partial charge is 0.253 e. The molecular formula is C21H30N2O3. The molecule has 1 atom stereocenters. The summed E-state index contributed by atoms with van der Waals surface area (Å²) in [6.07, 6.45) is 6.24. The molecule has 142 valence electrons. The van der Waals surface area contributed by atoms with E-state index in [0.717, 1.165) is 50.8 Å². The normalized spacial score (nSPS) is 21.4. The number of carbonyl (C=O) groups is 2. The first-order valence-corrected chi connectivity index (χ1v) is 9.86. The lowest BCUT2D eigenvalue weighted by Crippen LogP contribution is -2.44. The lowest BCUT2D eigenvalue weighted by molar-refractivity contribution is -0.136. The van der Waals surface area contributed by atoms with Crippen LogP contribution in [0.25, 0.3) is 0 Å². The topological polar surface area (TPSA) is 49.9 Å². The number of hydrogen-bond acceptors (Lipinski definition) is 3. The van der Waals surface area contributed by atoms with Gasteiger partial charge in [-0.05, 0) is 50.7 Å². The summed E-state index contributed by atoms with van der Waals surface area (Å²) in [5, 5.41) is 0. The van der Waals surface area contributed by atoms with Gasteiger partial charge in [0.05, 0.1) is 6.10 Å². The number of likely N-dealkylation sites (tertiary alicyclic amines) is 1. The summed E-state index contributed by atoms with van der Waals surface area (Å²) in [7, 11) is 1.90. The predicted molar refractivity (Wildman–Crippen MR) is 101 cm³/mol. The second-order valence-electron chi connectivity index (χ2n) is 7.47. The Kier molecular flexibility index (Phi) is 6.67. The lowest BCUT2D eigenvalue weighted by atomic mass is 9.94. The van der Waals surface area contributed by atoms with E-state index in [9.17, 15) is 9.59 Å². The van der Waals surface area contributed by atoms with E-state index in [1.807, 2.05) is 47.2 Å². The van der Waals surface area contributed by atoms with Crippen LogP contribution in [0.4, 0.5) is 0 Å². The number of hydrogen-bond donors (Lipinski definition) is 0. The molecule has 1 aromatic carbocycles. The number of ether oxygens (including phenoxy) is 1. The monoisotopic (exact) mass is 358 g/mol. The average molecular weight is 358 g/mol. The second-order valence-corrected chi connectivity index (χ2v) is 7.47. The Bertz CT molecular complexity index is 591. The van der Waals surface area contributed by atoms with E-state index in [4.69, 9.17) is 4.74 Å². The van der Waals surface area contributed by atoms with E-state index >= 15 is 0 Å². The molecule has 3 rings (SSSR count). The highest BCUT2D eigenvalue weighted by Crippen LogP contribution is 2.22. The third-order valence-electron chi connectivity index (χ3n) is 5.59. The van der Waals surface area contributed by atoms with Crippen LogP contribution in [-0.4, -0.2) is 61.0 Å². The van der Waals surface area contributed by atoms with Gasteiger partial charge in [-0.3, -0.25) is 9.59 Å². The summed E-state index contributed by atoms with van der Waals surface area (Å²) >= 11 is 0. The zero-order valence-corrected chi connectivity index (χ0v) is 15.7. The van der Waals surface area contributed by atoms with Gasteiger partial charge in [0, 0.05) is 44.8 Å². The highest BCUT2D eigenvalue weighted by molar-refractivity contribution is 5.94. The molecule has 2 saturated heterocycles. The number of amides is 2. The van der Waals surface area contributed by atoms with Gasteiger partial charge in [0.2, 0.25) is 5.91 Å². The molecule has 5 heteroatoms. The lowest BCUT2D eigenvalue weighted by Gasteiger charge is -2.33. The minimum atomic E-state index is 0.0343. The van der Waals surface area contributed by atoms with Gasteiger partial charge in [-0.15, -0.1) is 0 Å². The van der Waals surface area contributed by atoms with Crippen molar-refractivity contribution in [3.63, 3.8) is 0 Å². The number of piperidine rings is 1. The summed E-state index contributed by atoms with van der Waals surface area (Å²) < 4.78 is 5.75. The Labute approximate surface area is 156 Å². The van der Waals surface area contributed by atoms with Crippen molar-refractivity contribution in [3.8, 4) is 0 Å². The zero-order chi connectivity index (χ0) is 18.4. The molecule has 2 amide bonds. The van der Waals surface area contributed by atoms with Crippen molar-refractivity contribution >= 4 is 11.8 Å². The Morgan fingerprint density at radius 2 is 1.85 bits per heavy atom. The van der Waals surface area contributed by atoms with E-state index in [1.54, 1.807) is 0 Å². The molecule has 2 aliphatic rings. The number of benzene rings is 1. The van der Waals surface area contributed by atoms with Crippen molar-refractivity contribution in [2.75, 3.05) is 33.3 Å². The Morgan fingerprint density at radius 1 is 1.12 bits per heavy atom. The Balaban J connectivity index is 1.43. The van der Waals surface area contributed by atoms with Gasteiger partial charge in [0.1, 0.15) is 0 Å². The van der Waals surface area contributed by atoms with Crippen molar-refractivity contribution in [2.24, 2.45) is 5.92 Å². The number of rotatable bonds is 5. The molecular weight excluding hydrogens is 328 g/mol. The first-order valence-electron chi connectivity index (χ1n) is 9.86. The van der Waals surface area contributed by atoms with Crippen LogP contribution in [0, 0.1) is 5.92 Å². The molecule has 26 heavy (non-hydrogen) atoms. The largest absolute Gasteiger partial charge is 0.378 e. The Hall–Kier alpha value is -1.88. The molecule has 0 N–H and O–H groups in total. The fourth-order valence-corrected chi connectivity index (χ4v) is 3.89. The van der Waals surface area contributed by atoms with Gasteiger partial charge in [-0.2, -0.15) is 0 Å².